The van der Waals surface area contributed by atoms with Crippen molar-refractivity contribution in [3.63, 3.8) is 0 Å². The second-order valence-corrected chi connectivity index (χ2v) is 5.00. The average Bonchev–Trinajstić information content (AvgIpc) is 2.52. The van der Waals surface area contributed by atoms with E-state index in [9.17, 15) is 14.7 Å². The van der Waals surface area contributed by atoms with Crippen molar-refractivity contribution in [2.45, 2.75) is 20.3 Å². The maximum absolute atomic E-state index is 11.5. The fourth-order valence-electron chi connectivity index (χ4n) is 2.13. The van der Waals surface area contributed by atoms with Crippen molar-refractivity contribution in [1.82, 2.24) is 0 Å². The van der Waals surface area contributed by atoms with Crippen LogP contribution in [0, 0.1) is 0 Å². The van der Waals surface area contributed by atoms with Gasteiger partial charge in [0.2, 0.25) is 0 Å². The van der Waals surface area contributed by atoms with Gasteiger partial charge in [-0.25, -0.2) is 4.79 Å². The lowest BCUT2D eigenvalue weighted by Crippen LogP contribution is -2.04. The number of Topliss-reactive ketones (excluding diaryl/α,β-unsaturated/α-hetero) is 1. The third-order valence-electron chi connectivity index (χ3n) is 3.27. The van der Waals surface area contributed by atoms with E-state index >= 15 is 0 Å². The Bertz CT molecular complexity index is 704. The minimum absolute atomic E-state index is 0.0248. The summed E-state index contributed by atoms with van der Waals surface area (Å²) in [5.41, 5.74) is 2.27. The van der Waals surface area contributed by atoms with Crippen LogP contribution in [0.3, 0.4) is 0 Å². The topological polar surface area (TPSA) is 63.6 Å². The van der Waals surface area contributed by atoms with E-state index in [1.165, 1.54) is 6.92 Å². The average molecular weight is 298 g/mol. The van der Waals surface area contributed by atoms with Gasteiger partial charge in [-0.1, -0.05) is 31.2 Å². The summed E-state index contributed by atoms with van der Waals surface area (Å²) in [4.78, 5) is 22.9. The van der Waals surface area contributed by atoms with Crippen LogP contribution >= 0.6 is 0 Å². The lowest BCUT2D eigenvalue weighted by molar-refractivity contribution is 0.0692. The number of carboxylic acid groups (broad SMARTS) is 1. The van der Waals surface area contributed by atoms with Crippen LogP contribution in [-0.2, 0) is 0 Å². The van der Waals surface area contributed by atoms with Gasteiger partial charge in [0.05, 0.1) is 6.61 Å². The highest BCUT2D eigenvalue weighted by Gasteiger charge is 2.13. The second kappa shape index (κ2) is 6.89. The number of ketones is 1. The number of carboxylic acids is 1. The molecule has 1 N–H and O–H groups in total. The van der Waals surface area contributed by atoms with Gasteiger partial charge in [0.25, 0.3) is 0 Å². The summed E-state index contributed by atoms with van der Waals surface area (Å²) in [5.74, 6) is -0.695. The van der Waals surface area contributed by atoms with Gasteiger partial charge >= 0.3 is 5.97 Å². The smallest absolute Gasteiger partial charge is 0.339 e. The molecular weight excluding hydrogens is 280 g/mol. The third kappa shape index (κ3) is 3.52. The van der Waals surface area contributed by atoms with Crippen molar-refractivity contribution >= 4 is 11.8 Å². The van der Waals surface area contributed by atoms with E-state index in [1.807, 2.05) is 13.0 Å². The largest absolute Gasteiger partial charge is 0.493 e. The molecule has 2 aromatic rings. The summed E-state index contributed by atoms with van der Waals surface area (Å²) in [5, 5.41) is 9.35. The molecule has 0 amide bonds. The molecule has 0 saturated heterocycles. The highest BCUT2D eigenvalue weighted by atomic mass is 16.5. The van der Waals surface area contributed by atoms with Gasteiger partial charge in [-0.15, -0.1) is 0 Å². The zero-order valence-electron chi connectivity index (χ0n) is 12.6. The maximum atomic E-state index is 11.5. The standard InChI is InChI=1S/C18H18O4/c1-3-9-22-17-8-7-15(11-16(17)18(20)21)14-6-4-5-13(10-14)12(2)19/h4-8,10-11H,3,9H2,1-2H3,(H,20,21). The molecule has 0 aliphatic heterocycles. The Morgan fingerprint density at radius 3 is 2.45 bits per heavy atom. The molecule has 0 aromatic heterocycles. The number of hydrogen-bond acceptors (Lipinski definition) is 3. The minimum Gasteiger partial charge on any atom is -0.493 e. The molecular formula is C18H18O4. The molecule has 0 aliphatic rings. The molecule has 0 spiro atoms. The van der Waals surface area contributed by atoms with Gasteiger partial charge in [0.15, 0.2) is 5.78 Å². The monoisotopic (exact) mass is 298 g/mol. The lowest BCUT2D eigenvalue weighted by atomic mass is 9.99. The van der Waals surface area contributed by atoms with Gasteiger partial charge in [0, 0.05) is 5.56 Å². The predicted octanol–water partition coefficient (Wildman–Crippen LogP) is 4.04. The first kappa shape index (κ1) is 15.8. The predicted molar refractivity (Wildman–Crippen MR) is 84.6 cm³/mol. The Labute approximate surface area is 129 Å². The Morgan fingerprint density at radius 2 is 1.82 bits per heavy atom. The molecule has 22 heavy (non-hydrogen) atoms. The second-order valence-electron chi connectivity index (χ2n) is 5.00. The van der Waals surface area contributed by atoms with Crippen LogP contribution in [-0.4, -0.2) is 23.5 Å². The van der Waals surface area contributed by atoms with Crippen LogP contribution in [0.4, 0.5) is 0 Å². The van der Waals surface area contributed by atoms with Crippen LogP contribution < -0.4 is 4.74 Å². The van der Waals surface area contributed by atoms with Gasteiger partial charge in [-0.3, -0.25) is 4.79 Å². The molecule has 4 nitrogen and oxygen atoms in total. The highest BCUT2D eigenvalue weighted by molar-refractivity contribution is 5.96. The molecule has 2 aromatic carbocycles. The SMILES string of the molecule is CCCOc1ccc(-c2cccc(C(C)=O)c2)cc1C(=O)O. The number of aromatic carboxylic acids is 1. The zero-order chi connectivity index (χ0) is 16.1. The van der Waals surface area contributed by atoms with Crippen LogP contribution in [0.2, 0.25) is 0 Å². The summed E-state index contributed by atoms with van der Waals surface area (Å²) >= 11 is 0. The van der Waals surface area contributed by atoms with Crippen molar-refractivity contribution in [1.29, 1.82) is 0 Å². The molecule has 0 fully saturated rings. The van der Waals surface area contributed by atoms with E-state index in [0.29, 0.717) is 17.9 Å². The Kier molecular flexibility index (Phi) is 4.94. The van der Waals surface area contributed by atoms with Gasteiger partial charge in [0.1, 0.15) is 11.3 Å². The molecule has 0 bridgehead atoms. The molecule has 114 valence electrons. The van der Waals surface area contributed by atoms with Crippen molar-refractivity contribution < 1.29 is 19.4 Å². The normalized spacial score (nSPS) is 10.3. The van der Waals surface area contributed by atoms with Crippen LogP contribution in [0.25, 0.3) is 11.1 Å². The molecule has 0 aliphatic carbocycles. The van der Waals surface area contributed by atoms with Crippen molar-refractivity contribution in [3.8, 4) is 16.9 Å². The van der Waals surface area contributed by atoms with E-state index in [0.717, 1.165) is 17.5 Å². The summed E-state index contributed by atoms with van der Waals surface area (Å²) < 4.78 is 5.47. The van der Waals surface area contributed by atoms with Crippen molar-refractivity contribution in [2.24, 2.45) is 0 Å². The summed E-state index contributed by atoms with van der Waals surface area (Å²) in [6.45, 7) is 3.94. The fourth-order valence-corrected chi connectivity index (χ4v) is 2.13. The number of carbonyl (C=O) groups excluding carboxylic acids is 1. The quantitative estimate of drug-likeness (QED) is 0.817. The number of rotatable bonds is 6. The summed E-state index contributed by atoms with van der Waals surface area (Å²) in [6.07, 6.45) is 0.807. The first-order chi connectivity index (χ1) is 10.5. The van der Waals surface area contributed by atoms with Crippen LogP contribution in [0.5, 0.6) is 5.75 Å². The number of benzene rings is 2. The fraction of sp³-hybridized carbons (Fsp3) is 0.222. The van der Waals surface area contributed by atoms with Crippen molar-refractivity contribution in [2.75, 3.05) is 6.61 Å². The molecule has 0 saturated carbocycles. The highest BCUT2D eigenvalue weighted by Crippen LogP contribution is 2.27. The van der Waals surface area contributed by atoms with Gasteiger partial charge in [-0.2, -0.15) is 0 Å². The molecule has 0 atom stereocenters. The van der Waals surface area contributed by atoms with E-state index in [1.54, 1.807) is 36.4 Å². The van der Waals surface area contributed by atoms with E-state index in [-0.39, 0.29) is 11.3 Å². The van der Waals surface area contributed by atoms with Gasteiger partial charge < -0.3 is 9.84 Å². The maximum Gasteiger partial charge on any atom is 0.339 e. The summed E-state index contributed by atoms with van der Waals surface area (Å²) in [6, 6.07) is 12.2. The van der Waals surface area contributed by atoms with Gasteiger partial charge in [-0.05, 0) is 42.7 Å². The number of hydrogen-bond donors (Lipinski definition) is 1. The Balaban J connectivity index is 2.44. The van der Waals surface area contributed by atoms with Crippen molar-refractivity contribution in [3.05, 3.63) is 53.6 Å². The minimum atomic E-state index is -1.03. The summed E-state index contributed by atoms with van der Waals surface area (Å²) in [7, 11) is 0. The Morgan fingerprint density at radius 1 is 1.09 bits per heavy atom. The first-order valence-corrected chi connectivity index (χ1v) is 7.14. The lowest BCUT2D eigenvalue weighted by Gasteiger charge is -2.11. The van der Waals surface area contributed by atoms with Crippen LogP contribution in [0.15, 0.2) is 42.5 Å². The molecule has 0 heterocycles. The molecule has 4 heteroatoms. The van der Waals surface area contributed by atoms with E-state index < -0.39 is 5.97 Å². The molecule has 0 radical (unpaired) electrons. The van der Waals surface area contributed by atoms with E-state index in [2.05, 4.69) is 0 Å². The number of ether oxygens (including phenoxy) is 1. The molecule has 2 rings (SSSR count). The third-order valence-corrected chi connectivity index (χ3v) is 3.27. The van der Waals surface area contributed by atoms with E-state index in [4.69, 9.17) is 4.74 Å². The first-order valence-electron chi connectivity index (χ1n) is 7.14. The zero-order valence-corrected chi connectivity index (χ0v) is 12.6. The molecule has 0 unspecified atom stereocenters. The van der Waals surface area contributed by atoms with Crippen LogP contribution in [0.1, 0.15) is 41.0 Å². The number of carbonyl (C=O) groups is 2. The Hall–Kier alpha value is -2.62.